The van der Waals surface area contributed by atoms with Crippen LogP contribution in [0.2, 0.25) is 0 Å². The predicted octanol–water partition coefficient (Wildman–Crippen LogP) is 4.06. The molecule has 1 aliphatic heterocycles. The third kappa shape index (κ3) is 7.19. The summed E-state index contributed by atoms with van der Waals surface area (Å²) in [5.41, 5.74) is -0.619. The van der Waals surface area contributed by atoms with E-state index < -0.39 is 29.6 Å². The topological polar surface area (TPSA) is 91.0 Å². The number of hydrogen-bond donors (Lipinski definition) is 2. The molecular weight excluding hydrogens is 465 g/mol. The minimum atomic E-state index is -4.58. The maximum atomic E-state index is 13.2. The summed E-state index contributed by atoms with van der Waals surface area (Å²) in [7, 11) is 0. The molecule has 0 atom stereocenters. The number of rotatable bonds is 6. The molecule has 0 spiro atoms. The maximum Gasteiger partial charge on any atom is 0.418 e. The zero-order valence-corrected chi connectivity index (χ0v) is 19.2. The number of benzene rings is 2. The normalized spacial score (nSPS) is 14.7. The van der Waals surface area contributed by atoms with Gasteiger partial charge in [0.05, 0.1) is 35.7 Å². The molecule has 2 N–H and O–H groups in total. The number of amides is 3. The fourth-order valence-electron chi connectivity index (χ4n) is 3.74. The van der Waals surface area contributed by atoms with Crippen LogP contribution in [0.5, 0.6) is 0 Å². The van der Waals surface area contributed by atoms with Gasteiger partial charge in [0.2, 0.25) is 5.91 Å². The van der Waals surface area contributed by atoms with E-state index in [0.717, 1.165) is 6.07 Å². The third-order valence-corrected chi connectivity index (χ3v) is 5.41. The lowest BCUT2D eigenvalue weighted by molar-refractivity contribution is -0.137. The van der Waals surface area contributed by atoms with E-state index in [9.17, 15) is 27.6 Å². The molecule has 1 fully saturated rings. The fourth-order valence-corrected chi connectivity index (χ4v) is 3.74. The number of esters is 1. The lowest BCUT2D eigenvalue weighted by atomic mass is 10.1. The van der Waals surface area contributed by atoms with Gasteiger partial charge in [-0.25, -0.2) is 9.59 Å². The summed E-state index contributed by atoms with van der Waals surface area (Å²) in [5.74, 6) is -1.11. The average Bonchev–Trinajstić information content (AvgIpc) is 3.05. The number of nitrogens with one attached hydrogen (secondary N) is 2. The van der Waals surface area contributed by atoms with E-state index >= 15 is 0 Å². The number of halogens is 3. The first-order chi connectivity index (χ1) is 16.7. The Morgan fingerprint density at radius 2 is 1.60 bits per heavy atom. The summed E-state index contributed by atoms with van der Waals surface area (Å²) in [6, 6.07) is 11.0. The first kappa shape index (κ1) is 26.0. The molecule has 1 heterocycles. The minimum Gasteiger partial charge on any atom is -0.462 e. The molecular formula is C24H27F3N4O4. The highest BCUT2D eigenvalue weighted by molar-refractivity contribution is 6.00. The molecule has 2 aromatic rings. The number of alkyl halides is 3. The van der Waals surface area contributed by atoms with Crippen LogP contribution in [0.25, 0.3) is 0 Å². The van der Waals surface area contributed by atoms with E-state index in [0.29, 0.717) is 38.3 Å². The second-order valence-corrected chi connectivity index (χ2v) is 7.90. The molecule has 0 unspecified atom stereocenters. The van der Waals surface area contributed by atoms with Gasteiger partial charge in [-0.3, -0.25) is 9.69 Å². The van der Waals surface area contributed by atoms with Crippen LogP contribution >= 0.6 is 0 Å². The number of nitrogens with zero attached hydrogens (tertiary/aromatic N) is 2. The SMILES string of the molecule is CCOC(=O)c1ccccc1NC(=O)N1CCCN(CC(=O)Nc2ccccc2C(F)(F)F)CC1. The molecule has 1 saturated heterocycles. The van der Waals surface area contributed by atoms with E-state index in [1.807, 2.05) is 0 Å². The number of urea groups is 1. The molecule has 1 aliphatic rings. The first-order valence-corrected chi connectivity index (χ1v) is 11.2. The van der Waals surface area contributed by atoms with Crippen LogP contribution in [0.3, 0.4) is 0 Å². The van der Waals surface area contributed by atoms with Gasteiger partial charge in [-0.05, 0) is 37.6 Å². The largest absolute Gasteiger partial charge is 0.462 e. The van der Waals surface area contributed by atoms with Crippen LogP contribution in [-0.2, 0) is 15.7 Å². The number of hydrogen-bond acceptors (Lipinski definition) is 5. The van der Waals surface area contributed by atoms with Crippen LogP contribution in [0, 0.1) is 0 Å². The smallest absolute Gasteiger partial charge is 0.418 e. The zero-order chi connectivity index (χ0) is 25.4. The summed E-state index contributed by atoms with van der Waals surface area (Å²) in [4.78, 5) is 40.7. The van der Waals surface area contributed by atoms with Gasteiger partial charge in [0.1, 0.15) is 0 Å². The number of para-hydroxylation sites is 2. The number of ether oxygens (including phenoxy) is 1. The van der Waals surface area contributed by atoms with Gasteiger partial charge in [-0.2, -0.15) is 13.2 Å². The lowest BCUT2D eigenvalue weighted by Crippen LogP contribution is -2.39. The van der Waals surface area contributed by atoms with Crippen molar-refractivity contribution < 1.29 is 32.3 Å². The Labute approximate surface area is 201 Å². The molecule has 8 nitrogen and oxygen atoms in total. The van der Waals surface area contributed by atoms with Gasteiger partial charge in [-0.1, -0.05) is 24.3 Å². The van der Waals surface area contributed by atoms with Gasteiger partial charge in [-0.15, -0.1) is 0 Å². The summed E-state index contributed by atoms with van der Waals surface area (Å²) in [5, 5.41) is 5.08. The van der Waals surface area contributed by atoms with Crippen LogP contribution in [-0.4, -0.2) is 67.0 Å². The molecule has 0 saturated carbocycles. The molecule has 0 bridgehead atoms. The number of carbonyl (C=O) groups is 3. The monoisotopic (exact) mass is 492 g/mol. The first-order valence-electron chi connectivity index (χ1n) is 11.2. The molecule has 11 heteroatoms. The Kier molecular flexibility index (Phi) is 8.69. The van der Waals surface area contributed by atoms with Crippen molar-refractivity contribution in [2.45, 2.75) is 19.5 Å². The Balaban J connectivity index is 1.56. The second-order valence-electron chi connectivity index (χ2n) is 7.90. The highest BCUT2D eigenvalue weighted by Gasteiger charge is 2.33. The quantitative estimate of drug-likeness (QED) is 0.594. The molecule has 0 aromatic heterocycles. The third-order valence-electron chi connectivity index (χ3n) is 5.41. The summed E-state index contributed by atoms with van der Waals surface area (Å²) in [6.07, 6.45) is -4.01. The van der Waals surface area contributed by atoms with E-state index in [1.165, 1.54) is 18.2 Å². The molecule has 0 aliphatic carbocycles. The fraction of sp³-hybridized carbons (Fsp3) is 0.375. The Morgan fingerprint density at radius 1 is 0.914 bits per heavy atom. The maximum absolute atomic E-state index is 13.2. The van der Waals surface area contributed by atoms with Crippen LogP contribution < -0.4 is 10.6 Å². The molecule has 3 amide bonds. The summed E-state index contributed by atoms with van der Waals surface area (Å²) < 4.78 is 44.5. The molecule has 35 heavy (non-hydrogen) atoms. The van der Waals surface area contributed by atoms with Crippen LogP contribution in [0.1, 0.15) is 29.3 Å². The van der Waals surface area contributed by atoms with Crippen LogP contribution in [0.4, 0.5) is 29.3 Å². The zero-order valence-electron chi connectivity index (χ0n) is 19.2. The second kappa shape index (κ2) is 11.7. The summed E-state index contributed by atoms with van der Waals surface area (Å²) in [6.45, 7) is 3.38. The van der Waals surface area contributed by atoms with Crippen molar-refractivity contribution in [2.75, 3.05) is 50.0 Å². The highest BCUT2D eigenvalue weighted by Crippen LogP contribution is 2.34. The molecule has 188 valence electrons. The molecule has 2 aromatic carbocycles. The standard InChI is InChI=1S/C24H27F3N4O4/c1-2-35-22(33)17-8-3-5-10-19(17)29-23(34)31-13-7-12-30(14-15-31)16-21(32)28-20-11-6-4-9-18(20)24(25,26)27/h3-6,8-11H,2,7,12-16H2,1H3,(H,28,32)(H,29,34). The average molecular weight is 492 g/mol. The lowest BCUT2D eigenvalue weighted by Gasteiger charge is -2.23. The number of anilines is 2. The van der Waals surface area contributed by atoms with Gasteiger partial charge >= 0.3 is 18.2 Å². The van der Waals surface area contributed by atoms with Crippen molar-refractivity contribution in [3.63, 3.8) is 0 Å². The van der Waals surface area contributed by atoms with Crippen molar-refractivity contribution in [1.29, 1.82) is 0 Å². The molecule has 0 radical (unpaired) electrons. The van der Waals surface area contributed by atoms with Crippen molar-refractivity contribution in [3.8, 4) is 0 Å². The highest BCUT2D eigenvalue weighted by atomic mass is 19.4. The van der Waals surface area contributed by atoms with E-state index in [-0.39, 0.29) is 24.4 Å². The summed E-state index contributed by atoms with van der Waals surface area (Å²) >= 11 is 0. The molecule has 3 rings (SSSR count). The predicted molar refractivity (Wildman–Crippen MR) is 124 cm³/mol. The Bertz CT molecular complexity index is 1060. The number of carbonyl (C=O) groups excluding carboxylic acids is 3. The van der Waals surface area contributed by atoms with Gasteiger partial charge in [0, 0.05) is 26.2 Å². The van der Waals surface area contributed by atoms with E-state index in [2.05, 4.69) is 10.6 Å². The van der Waals surface area contributed by atoms with Crippen molar-refractivity contribution in [3.05, 3.63) is 59.7 Å². The minimum absolute atomic E-state index is 0.104. The Hall–Kier alpha value is -3.60. The van der Waals surface area contributed by atoms with E-state index in [4.69, 9.17) is 4.74 Å². The van der Waals surface area contributed by atoms with Crippen LogP contribution in [0.15, 0.2) is 48.5 Å². The van der Waals surface area contributed by atoms with Crippen molar-refractivity contribution in [2.24, 2.45) is 0 Å². The van der Waals surface area contributed by atoms with Crippen molar-refractivity contribution in [1.82, 2.24) is 9.80 Å². The van der Waals surface area contributed by atoms with Gasteiger partial charge in [0.25, 0.3) is 0 Å². The van der Waals surface area contributed by atoms with Gasteiger partial charge in [0.15, 0.2) is 0 Å². The van der Waals surface area contributed by atoms with Crippen molar-refractivity contribution >= 4 is 29.3 Å². The van der Waals surface area contributed by atoms with Gasteiger partial charge < -0.3 is 20.3 Å². The Morgan fingerprint density at radius 3 is 2.31 bits per heavy atom. The van der Waals surface area contributed by atoms with E-state index in [1.54, 1.807) is 41.0 Å².